The van der Waals surface area contributed by atoms with Crippen molar-refractivity contribution in [2.75, 3.05) is 26.2 Å². The van der Waals surface area contributed by atoms with Gasteiger partial charge in [0, 0.05) is 38.1 Å². The average molecular weight is 265 g/mol. The van der Waals surface area contributed by atoms with Crippen molar-refractivity contribution in [2.24, 2.45) is 0 Å². The largest absolute Gasteiger partial charge is 0.333 e. The van der Waals surface area contributed by atoms with E-state index in [1.54, 1.807) is 0 Å². The molecule has 0 atom stereocenters. The number of hydrogen-bond acceptors (Lipinski definition) is 4. The zero-order valence-electron chi connectivity index (χ0n) is 12.2. The van der Waals surface area contributed by atoms with Crippen LogP contribution in [0.25, 0.3) is 0 Å². The molecule has 19 heavy (non-hydrogen) atoms. The van der Waals surface area contributed by atoms with E-state index in [-0.39, 0.29) is 11.4 Å². The highest BCUT2D eigenvalue weighted by Crippen LogP contribution is 2.16. The summed E-state index contributed by atoms with van der Waals surface area (Å²) < 4.78 is 0. The summed E-state index contributed by atoms with van der Waals surface area (Å²) in [5.74, 6) is 0.988. The fraction of sp³-hybridized carbons (Fsp3) is 0.769. The molecule has 0 unspecified atom stereocenters. The van der Waals surface area contributed by atoms with E-state index in [0.29, 0.717) is 5.82 Å². The van der Waals surface area contributed by atoms with Gasteiger partial charge in [-0.25, -0.2) is 4.98 Å². The lowest BCUT2D eigenvalue weighted by Gasteiger charge is -2.41. The lowest BCUT2D eigenvalue weighted by molar-refractivity contribution is 0.0442. The first-order chi connectivity index (χ1) is 8.91. The quantitative estimate of drug-likeness (QED) is 0.863. The molecule has 1 N–H and O–H groups in total. The van der Waals surface area contributed by atoms with E-state index in [1.807, 2.05) is 11.8 Å². The fourth-order valence-electron chi connectivity index (χ4n) is 2.27. The number of carbonyl (C=O) groups is 1. The van der Waals surface area contributed by atoms with Gasteiger partial charge in [-0.2, -0.15) is 0 Å². The summed E-state index contributed by atoms with van der Waals surface area (Å²) in [5, 5.41) is 6.78. The van der Waals surface area contributed by atoms with E-state index in [4.69, 9.17) is 0 Å². The fourth-order valence-corrected chi connectivity index (χ4v) is 2.27. The molecule has 0 spiro atoms. The van der Waals surface area contributed by atoms with E-state index in [9.17, 15) is 4.79 Å². The normalized spacial score (nSPS) is 17.8. The highest BCUT2D eigenvalue weighted by Gasteiger charge is 2.29. The molecule has 0 saturated carbocycles. The number of carbonyl (C=O) groups excluding carboxylic acids is 1. The molecular formula is C13H23N5O. The number of hydrogen-bond donors (Lipinski definition) is 1. The minimum Gasteiger partial charge on any atom is -0.333 e. The molecule has 1 aromatic rings. The van der Waals surface area contributed by atoms with Gasteiger partial charge >= 0.3 is 0 Å². The summed E-state index contributed by atoms with van der Waals surface area (Å²) in [7, 11) is 0. The van der Waals surface area contributed by atoms with Gasteiger partial charge in [-0.15, -0.1) is 5.10 Å². The predicted molar refractivity (Wildman–Crippen MR) is 73.0 cm³/mol. The molecule has 1 saturated heterocycles. The molecule has 0 aromatic carbocycles. The topological polar surface area (TPSA) is 65.1 Å². The van der Waals surface area contributed by atoms with Crippen LogP contribution in [-0.4, -0.2) is 62.6 Å². The summed E-state index contributed by atoms with van der Waals surface area (Å²) in [5.41, 5.74) is 0.162. The maximum atomic E-state index is 12.2. The minimum atomic E-state index is -0.0653. The number of piperazine rings is 1. The third kappa shape index (κ3) is 3.12. The van der Waals surface area contributed by atoms with E-state index in [0.717, 1.165) is 38.4 Å². The first-order valence-electron chi connectivity index (χ1n) is 6.87. The van der Waals surface area contributed by atoms with Gasteiger partial charge in [0.25, 0.3) is 5.91 Å². The summed E-state index contributed by atoms with van der Waals surface area (Å²) in [6.07, 6.45) is 0.762. The molecule has 1 aromatic heterocycles. The van der Waals surface area contributed by atoms with Gasteiger partial charge < -0.3 is 4.90 Å². The van der Waals surface area contributed by atoms with E-state index in [2.05, 4.69) is 40.9 Å². The second-order valence-electron chi connectivity index (χ2n) is 5.91. The average Bonchev–Trinajstić information content (AvgIpc) is 2.86. The Morgan fingerprint density at radius 1 is 1.26 bits per heavy atom. The highest BCUT2D eigenvalue weighted by molar-refractivity contribution is 5.90. The van der Waals surface area contributed by atoms with Gasteiger partial charge in [-0.05, 0) is 20.8 Å². The van der Waals surface area contributed by atoms with Crippen LogP contribution in [0.4, 0.5) is 0 Å². The van der Waals surface area contributed by atoms with E-state index in [1.165, 1.54) is 0 Å². The van der Waals surface area contributed by atoms with Crippen LogP contribution in [0.15, 0.2) is 0 Å². The van der Waals surface area contributed by atoms with E-state index < -0.39 is 0 Å². The Kier molecular flexibility index (Phi) is 3.89. The van der Waals surface area contributed by atoms with Crippen LogP contribution in [-0.2, 0) is 6.42 Å². The number of amides is 1. The SMILES string of the molecule is CCc1nc(C(=O)N2CCN(C(C)(C)C)CC2)n[nH]1. The van der Waals surface area contributed by atoms with Crippen molar-refractivity contribution in [3.8, 4) is 0 Å². The molecule has 1 amide bonds. The Hall–Kier alpha value is -1.43. The molecule has 1 aliphatic heterocycles. The van der Waals surface area contributed by atoms with Crippen LogP contribution >= 0.6 is 0 Å². The minimum absolute atomic E-state index is 0.0653. The van der Waals surface area contributed by atoms with Crippen LogP contribution in [0, 0.1) is 0 Å². The van der Waals surface area contributed by atoms with Crippen LogP contribution in [0.5, 0.6) is 0 Å². The van der Waals surface area contributed by atoms with Crippen LogP contribution in [0.1, 0.15) is 44.1 Å². The third-order valence-corrected chi connectivity index (χ3v) is 3.57. The molecular weight excluding hydrogens is 242 g/mol. The second kappa shape index (κ2) is 5.28. The first-order valence-corrected chi connectivity index (χ1v) is 6.87. The number of H-pyrrole nitrogens is 1. The zero-order chi connectivity index (χ0) is 14.0. The lowest BCUT2D eigenvalue weighted by Crippen LogP contribution is -2.54. The van der Waals surface area contributed by atoms with Gasteiger partial charge in [0.2, 0.25) is 5.82 Å². The number of aryl methyl sites for hydroxylation is 1. The molecule has 0 aliphatic carbocycles. The number of aromatic nitrogens is 3. The molecule has 0 bridgehead atoms. The standard InChI is InChI=1S/C13H23N5O/c1-5-10-14-11(16-15-10)12(19)17-6-8-18(9-7-17)13(2,3)4/h5-9H2,1-4H3,(H,14,15,16). The summed E-state index contributed by atoms with van der Waals surface area (Å²) >= 11 is 0. The van der Waals surface area contributed by atoms with Crippen molar-refractivity contribution in [3.63, 3.8) is 0 Å². The monoisotopic (exact) mass is 265 g/mol. The zero-order valence-corrected chi connectivity index (χ0v) is 12.2. The molecule has 1 fully saturated rings. The first kappa shape index (κ1) is 14.0. The van der Waals surface area contributed by atoms with Crippen molar-refractivity contribution in [1.29, 1.82) is 0 Å². The van der Waals surface area contributed by atoms with Gasteiger partial charge in [0.15, 0.2) is 0 Å². The Balaban J connectivity index is 1.96. The predicted octanol–water partition coefficient (Wildman–Crippen LogP) is 0.923. The molecule has 2 heterocycles. The molecule has 106 valence electrons. The highest BCUT2D eigenvalue weighted by atomic mass is 16.2. The Bertz CT molecular complexity index is 440. The number of nitrogens with one attached hydrogen (secondary N) is 1. The van der Waals surface area contributed by atoms with Crippen molar-refractivity contribution in [1.82, 2.24) is 25.0 Å². The van der Waals surface area contributed by atoms with Crippen molar-refractivity contribution >= 4 is 5.91 Å². The third-order valence-electron chi connectivity index (χ3n) is 3.57. The van der Waals surface area contributed by atoms with Gasteiger partial charge in [0.05, 0.1) is 0 Å². The molecule has 2 rings (SSSR count). The van der Waals surface area contributed by atoms with Gasteiger partial charge in [-0.1, -0.05) is 6.92 Å². The molecule has 6 nitrogen and oxygen atoms in total. The Morgan fingerprint density at radius 3 is 2.37 bits per heavy atom. The van der Waals surface area contributed by atoms with Crippen molar-refractivity contribution in [3.05, 3.63) is 11.6 Å². The van der Waals surface area contributed by atoms with Crippen LogP contribution in [0.2, 0.25) is 0 Å². The lowest BCUT2D eigenvalue weighted by atomic mass is 10.0. The number of aromatic amines is 1. The number of nitrogens with zero attached hydrogens (tertiary/aromatic N) is 4. The molecule has 6 heteroatoms. The smallest absolute Gasteiger partial charge is 0.293 e. The number of rotatable bonds is 2. The second-order valence-corrected chi connectivity index (χ2v) is 5.91. The Labute approximate surface area is 114 Å². The van der Waals surface area contributed by atoms with Crippen molar-refractivity contribution < 1.29 is 4.79 Å². The van der Waals surface area contributed by atoms with Gasteiger partial charge in [0.1, 0.15) is 5.82 Å². The summed E-state index contributed by atoms with van der Waals surface area (Å²) in [4.78, 5) is 20.7. The maximum absolute atomic E-state index is 12.2. The van der Waals surface area contributed by atoms with E-state index >= 15 is 0 Å². The maximum Gasteiger partial charge on any atom is 0.293 e. The van der Waals surface area contributed by atoms with Crippen molar-refractivity contribution in [2.45, 2.75) is 39.7 Å². The molecule has 0 radical (unpaired) electrons. The molecule has 1 aliphatic rings. The van der Waals surface area contributed by atoms with Crippen LogP contribution in [0.3, 0.4) is 0 Å². The summed E-state index contributed by atoms with van der Waals surface area (Å²) in [6, 6.07) is 0. The van der Waals surface area contributed by atoms with Gasteiger partial charge in [-0.3, -0.25) is 14.8 Å². The van der Waals surface area contributed by atoms with Crippen LogP contribution < -0.4 is 0 Å². The Morgan fingerprint density at radius 2 is 1.89 bits per heavy atom. The summed E-state index contributed by atoms with van der Waals surface area (Å²) in [6.45, 7) is 11.9.